The Hall–Kier alpha value is -3.53. The van der Waals surface area contributed by atoms with Gasteiger partial charge in [0.15, 0.2) is 5.75 Å². The molecule has 4 aromatic rings. The van der Waals surface area contributed by atoms with Gasteiger partial charge in [-0.1, -0.05) is 48.5 Å². The largest absolute Gasteiger partial charge is 0.455 e. The lowest BCUT2D eigenvalue weighted by molar-refractivity contribution is 0.101. The van der Waals surface area contributed by atoms with Crippen LogP contribution in [0.25, 0.3) is 10.9 Å². The van der Waals surface area contributed by atoms with Crippen LogP contribution in [0, 0.1) is 6.92 Å². The van der Waals surface area contributed by atoms with Crippen LogP contribution in [0.15, 0.2) is 78.9 Å². The van der Waals surface area contributed by atoms with E-state index in [0.717, 1.165) is 28.8 Å². The van der Waals surface area contributed by atoms with Crippen molar-refractivity contribution in [2.45, 2.75) is 20.4 Å². The van der Waals surface area contributed by atoms with Crippen molar-refractivity contribution in [3.05, 3.63) is 90.1 Å². The molecule has 0 spiro atoms. The second-order valence-corrected chi connectivity index (χ2v) is 6.60. The minimum atomic E-state index is -0.139. The summed E-state index contributed by atoms with van der Waals surface area (Å²) in [4.78, 5) is 13.2. The first kappa shape index (κ1) is 17.9. The Morgan fingerprint density at radius 3 is 2.39 bits per heavy atom. The molecule has 0 saturated carbocycles. The topological polar surface area (TPSA) is 43.3 Å². The van der Waals surface area contributed by atoms with Crippen molar-refractivity contribution in [2.24, 2.45) is 0 Å². The van der Waals surface area contributed by atoms with Gasteiger partial charge in [0.05, 0.1) is 5.69 Å². The van der Waals surface area contributed by atoms with Gasteiger partial charge in [-0.2, -0.15) is 0 Å². The number of benzene rings is 3. The highest BCUT2D eigenvalue weighted by molar-refractivity contribution is 6.08. The van der Waals surface area contributed by atoms with Crippen LogP contribution >= 0.6 is 0 Å². The zero-order valence-electron chi connectivity index (χ0n) is 16.0. The third-order valence-electron chi connectivity index (χ3n) is 4.86. The number of aryl methyl sites for hydroxylation is 2. The first-order chi connectivity index (χ1) is 13.7. The summed E-state index contributed by atoms with van der Waals surface area (Å²) in [5, 5.41) is 4.14. The molecule has 1 amide bonds. The number of para-hydroxylation sites is 4. The van der Waals surface area contributed by atoms with Crippen molar-refractivity contribution in [1.29, 1.82) is 0 Å². The van der Waals surface area contributed by atoms with E-state index in [2.05, 4.69) is 28.9 Å². The number of hydrogen-bond donors (Lipinski definition) is 1. The lowest BCUT2D eigenvalue weighted by Gasteiger charge is -2.14. The fraction of sp³-hybridized carbons (Fsp3) is 0.125. The highest BCUT2D eigenvalue weighted by Gasteiger charge is 2.20. The molecule has 140 valence electrons. The molecule has 1 aromatic heterocycles. The summed E-state index contributed by atoms with van der Waals surface area (Å²) in [6.07, 6.45) is 0. The van der Waals surface area contributed by atoms with E-state index in [-0.39, 0.29) is 5.91 Å². The number of amides is 1. The van der Waals surface area contributed by atoms with E-state index in [1.807, 2.05) is 73.7 Å². The maximum Gasteiger partial charge on any atom is 0.272 e. The number of rotatable bonds is 5. The number of nitrogens with zero attached hydrogens (tertiary/aromatic N) is 1. The van der Waals surface area contributed by atoms with Crippen LogP contribution in [0.5, 0.6) is 11.5 Å². The van der Waals surface area contributed by atoms with Gasteiger partial charge in [-0.15, -0.1) is 0 Å². The summed E-state index contributed by atoms with van der Waals surface area (Å²) < 4.78 is 8.03. The minimum Gasteiger partial charge on any atom is -0.455 e. The monoisotopic (exact) mass is 370 g/mol. The summed E-state index contributed by atoms with van der Waals surface area (Å²) in [7, 11) is 0. The molecule has 0 aliphatic carbocycles. The van der Waals surface area contributed by atoms with Gasteiger partial charge in [-0.25, -0.2) is 0 Å². The Labute approximate surface area is 164 Å². The molecule has 0 atom stereocenters. The van der Waals surface area contributed by atoms with E-state index < -0.39 is 0 Å². The quantitative estimate of drug-likeness (QED) is 0.467. The zero-order valence-corrected chi connectivity index (χ0v) is 16.0. The average molecular weight is 370 g/mol. The van der Waals surface area contributed by atoms with Crippen LogP contribution in [0.4, 0.5) is 5.69 Å². The van der Waals surface area contributed by atoms with Crippen molar-refractivity contribution in [3.63, 3.8) is 0 Å². The Morgan fingerprint density at radius 2 is 1.61 bits per heavy atom. The number of ether oxygens (including phenoxy) is 1. The van der Waals surface area contributed by atoms with Gasteiger partial charge in [0.25, 0.3) is 5.91 Å². The second kappa shape index (κ2) is 7.61. The molecule has 1 heterocycles. The number of aromatic nitrogens is 1. The normalized spacial score (nSPS) is 10.8. The molecular weight excluding hydrogens is 348 g/mol. The van der Waals surface area contributed by atoms with Gasteiger partial charge in [-0.05, 0) is 49.7 Å². The second-order valence-electron chi connectivity index (χ2n) is 6.60. The van der Waals surface area contributed by atoms with Gasteiger partial charge >= 0.3 is 0 Å². The third kappa shape index (κ3) is 3.25. The average Bonchev–Trinajstić information content (AvgIpc) is 3.02. The van der Waals surface area contributed by atoms with Gasteiger partial charge in [-0.3, -0.25) is 4.79 Å². The van der Waals surface area contributed by atoms with E-state index in [0.29, 0.717) is 17.1 Å². The molecule has 0 aliphatic heterocycles. The number of fused-ring (bicyclic) bond motifs is 1. The zero-order chi connectivity index (χ0) is 19.5. The number of carbonyl (C=O) groups is 1. The molecule has 0 fully saturated rings. The first-order valence-corrected chi connectivity index (χ1v) is 9.40. The summed E-state index contributed by atoms with van der Waals surface area (Å²) in [6.45, 7) is 4.77. The SMILES string of the molecule is CCn1c(C(=O)Nc2ccccc2Oc2ccccc2)c(C)c2ccccc21. The summed E-state index contributed by atoms with van der Waals surface area (Å²) in [6, 6.07) is 25.1. The van der Waals surface area contributed by atoms with E-state index in [9.17, 15) is 4.79 Å². The molecule has 0 radical (unpaired) electrons. The molecular formula is C24H22N2O2. The maximum absolute atomic E-state index is 13.2. The predicted octanol–water partition coefficient (Wildman–Crippen LogP) is 6.01. The lowest BCUT2D eigenvalue weighted by atomic mass is 10.1. The van der Waals surface area contributed by atoms with Crippen molar-refractivity contribution in [1.82, 2.24) is 4.57 Å². The highest BCUT2D eigenvalue weighted by atomic mass is 16.5. The summed E-state index contributed by atoms with van der Waals surface area (Å²) >= 11 is 0. The minimum absolute atomic E-state index is 0.139. The van der Waals surface area contributed by atoms with Crippen LogP contribution in [-0.4, -0.2) is 10.5 Å². The summed E-state index contributed by atoms with van der Waals surface area (Å²) in [5.41, 5.74) is 3.37. The maximum atomic E-state index is 13.2. The van der Waals surface area contributed by atoms with Gasteiger partial charge < -0.3 is 14.6 Å². The lowest BCUT2D eigenvalue weighted by Crippen LogP contribution is -2.18. The number of nitrogens with one attached hydrogen (secondary N) is 1. The Bertz CT molecular complexity index is 1130. The molecule has 0 saturated heterocycles. The van der Waals surface area contributed by atoms with E-state index in [1.165, 1.54) is 0 Å². The van der Waals surface area contributed by atoms with Crippen molar-refractivity contribution in [3.8, 4) is 11.5 Å². The van der Waals surface area contributed by atoms with Crippen LogP contribution < -0.4 is 10.1 Å². The number of carbonyl (C=O) groups excluding carboxylic acids is 1. The number of hydrogen-bond acceptors (Lipinski definition) is 2. The highest BCUT2D eigenvalue weighted by Crippen LogP contribution is 2.31. The molecule has 0 unspecified atom stereocenters. The van der Waals surface area contributed by atoms with Crippen LogP contribution in [0.3, 0.4) is 0 Å². The molecule has 4 rings (SSSR count). The van der Waals surface area contributed by atoms with Crippen molar-refractivity contribution in [2.75, 3.05) is 5.32 Å². The molecule has 4 nitrogen and oxygen atoms in total. The van der Waals surface area contributed by atoms with Crippen LogP contribution in [0.1, 0.15) is 23.0 Å². The van der Waals surface area contributed by atoms with E-state index in [4.69, 9.17) is 4.74 Å². The van der Waals surface area contributed by atoms with Gasteiger partial charge in [0, 0.05) is 17.4 Å². The van der Waals surface area contributed by atoms with E-state index >= 15 is 0 Å². The number of anilines is 1. The van der Waals surface area contributed by atoms with Crippen molar-refractivity contribution < 1.29 is 9.53 Å². The molecule has 0 aliphatic rings. The molecule has 3 aromatic carbocycles. The van der Waals surface area contributed by atoms with Gasteiger partial charge in [0.1, 0.15) is 11.4 Å². The smallest absolute Gasteiger partial charge is 0.272 e. The summed E-state index contributed by atoms with van der Waals surface area (Å²) in [5.74, 6) is 1.20. The third-order valence-corrected chi connectivity index (χ3v) is 4.86. The Kier molecular flexibility index (Phi) is 4.85. The molecule has 4 heteroatoms. The predicted molar refractivity (Wildman–Crippen MR) is 113 cm³/mol. The first-order valence-electron chi connectivity index (χ1n) is 9.40. The standard InChI is InChI=1S/C24H22N2O2/c1-3-26-21-15-9-7-13-19(21)17(2)23(26)24(27)25-20-14-8-10-16-22(20)28-18-11-5-4-6-12-18/h4-16H,3H2,1-2H3,(H,25,27). The van der Waals surface area contributed by atoms with E-state index in [1.54, 1.807) is 0 Å². The molecule has 28 heavy (non-hydrogen) atoms. The fourth-order valence-electron chi connectivity index (χ4n) is 3.55. The molecule has 0 bridgehead atoms. The van der Waals surface area contributed by atoms with Crippen molar-refractivity contribution >= 4 is 22.5 Å². The Balaban J connectivity index is 1.69. The fourth-order valence-corrected chi connectivity index (χ4v) is 3.55. The van der Waals surface area contributed by atoms with Crippen LogP contribution in [0.2, 0.25) is 0 Å². The van der Waals surface area contributed by atoms with Gasteiger partial charge in [0.2, 0.25) is 0 Å². The Morgan fingerprint density at radius 1 is 0.929 bits per heavy atom. The molecule has 1 N–H and O–H groups in total. The van der Waals surface area contributed by atoms with Crippen LogP contribution in [-0.2, 0) is 6.54 Å².